The Hall–Kier alpha value is -0.770. The van der Waals surface area contributed by atoms with Crippen LogP contribution in [0.5, 0.6) is 0 Å². The molecule has 17 heavy (non-hydrogen) atoms. The molecular weight excluding hydrogens is 214 g/mol. The predicted octanol–water partition coefficient (Wildman–Crippen LogP) is 2.15. The van der Waals surface area contributed by atoms with E-state index in [9.17, 15) is 5.11 Å². The molecule has 0 rings (SSSR count). The molecule has 1 atom stereocenters. The standard InChI is InChI=1S/C13H29N3O/c1-2-3-4-5-6-7-8-9-10-12(17)11-16-13(14)15/h12,17H,2-11H2,1H3,(H4,14,15,16). The number of nitrogens with zero attached hydrogens (tertiary/aromatic N) is 1. The topological polar surface area (TPSA) is 84.6 Å². The Morgan fingerprint density at radius 3 is 2.06 bits per heavy atom. The summed E-state index contributed by atoms with van der Waals surface area (Å²) in [6, 6.07) is 0. The second-order valence-electron chi connectivity index (χ2n) is 4.68. The van der Waals surface area contributed by atoms with Gasteiger partial charge in [0.25, 0.3) is 0 Å². The van der Waals surface area contributed by atoms with Crippen LogP contribution in [-0.2, 0) is 0 Å². The van der Waals surface area contributed by atoms with Gasteiger partial charge in [0.15, 0.2) is 5.96 Å². The van der Waals surface area contributed by atoms with Crippen molar-refractivity contribution in [2.24, 2.45) is 16.5 Å². The van der Waals surface area contributed by atoms with Crippen molar-refractivity contribution in [1.82, 2.24) is 0 Å². The number of unbranched alkanes of at least 4 members (excludes halogenated alkanes) is 7. The Labute approximate surface area is 105 Å². The molecule has 0 aromatic heterocycles. The van der Waals surface area contributed by atoms with Crippen LogP contribution >= 0.6 is 0 Å². The largest absolute Gasteiger partial charge is 0.391 e. The van der Waals surface area contributed by atoms with E-state index >= 15 is 0 Å². The molecule has 0 aromatic rings. The monoisotopic (exact) mass is 243 g/mol. The number of hydrogen-bond donors (Lipinski definition) is 3. The van der Waals surface area contributed by atoms with E-state index < -0.39 is 6.10 Å². The molecule has 1 unspecified atom stereocenters. The predicted molar refractivity (Wildman–Crippen MR) is 73.9 cm³/mol. The minimum Gasteiger partial charge on any atom is -0.391 e. The number of nitrogens with two attached hydrogens (primary N) is 2. The van der Waals surface area contributed by atoms with Gasteiger partial charge in [-0.15, -0.1) is 0 Å². The van der Waals surface area contributed by atoms with Crippen LogP contribution in [0.3, 0.4) is 0 Å². The number of aliphatic hydroxyl groups is 1. The highest BCUT2D eigenvalue weighted by molar-refractivity contribution is 5.75. The molecule has 102 valence electrons. The van der Waals surface area contributed by atoms with Crippen LogP contribution in [-0.4, -0.2) is 23.7 Å². The summed E-state index contributed by atoms with van der Waals surface area (Å²) < 4.78 is 0. The molecule has 0 aliphatic rings. The van der Waals surface area contributed by atoms with Crippen molar-refractivity contribution < 1.29 is 5.11 Å². The van der Waals surface area contributed by atoms with Crippen LogP contribution in [0, 0.1) is 0 Å². The third-order valence-electron chi connectivity index (χ3n) is 2.88. The highest BCUT2D eigenvalue weighted by atomic mass is 16.3. The molecular formula is C13H29N3O. The first-order chi connectivity index (χ1) is 8.16. The molecule has 0 aliphatic carbocycles. The zero-order chi connectivity index (χ0) is 12.9. The van der Waals surface area contributed by atoms with E-state index in [0.717, 1.165) is 12.8 Å². The Balaban J connectivity index is 3.19. The average Bonchev–Trinajstić information content (AvgIpc) is 2.30. The van der Waals surface area contributed by atoms with E-state index in [1.807, 2.05) is 0 Å². The van der Waals surface area contributed by atoms with E-state index in [2.05, 4.69) is 11.9 Å². The second kappa shape index (κ2) is 11.7. The fourth-order valence-electron chi connectivity index (χ4n) is 1.82. The molecule has 4 heteroatoms. The molecule has 0 heterocycles. The van der Waals surface area contributed by atoms with Gasteiger partial charge in [0, 0.05) is 0 Å². The minimum absolute atomic E-state index is 0.0555. The second-order valence-corrected chi connectivity index (χ2v) is 4.68. The van der Waals surface area contributed by atoms with E-state index in [4.69, 9.17) is 11.5 Å². The van der Waals surface area contributed by atoms with Crippen LogP contribution in [0.1, 0.15) is 64.7 Å². The molecule has 0 saturated carbocycles. The van der Waals surface area contributed by atoms with Crippen LogP contribution in [0.2, 0.25) is 0 Å². The zero-order valence-corrected chi connectivity index (χ0v) is 11.2. The maximum absolute atomic E-state index is 9.55. The summed E-state index contributed by atoms with van der Waals surface area (Å²) in [5, 5.41) is 9.55. The summed E-state index contributed by atoms with van der Waals surface area (Å²) in [7, 11) is 0. The smallest absolute Gasteiger partial charge is 0.185 e. The van der Waals surface area contributed by atoms with Gasteiger partial charge in [0.1, 0.15) is 0 Å². The van der Waals surface area contributed by atoms with Crippen molar-refractivity contribution >= 4 is 5.96 Å². The van der Waals surface area contributed by atoms with Gasteiger partial charge in [-0.2, -0.15) is 0 Å². The van der Waals surface area contributed by atoms with Crippen LogP contribution < -0.4 is 11.5 Å². The molecule has 0 amide bonds. The molecule has 0 bridgehead atoms. The van der Waals surface area contributed by atoms with E-state index in [1.54, 1.807) is 0 Å². The van der Waals surface area contributed by atoms with Crippen molar-refractivity contribution in [3.63, 3.8) is 0 Å². The zero-order valence-electron chi connectivity index (χ0n) is 11.2. The molecule has 4 nitrogen and oxygen atoms in total. The van der Waals surface area contributed by atoms with Gasteiger partial charge in [0.05, 0.1) is 12.6 Å². The maximum atomic E-state index is 9.55. The molecule has 0 fully saturated rings. The molecule has 0 spiro atoms. The number of hydrogen-bond acceptors (Lipinski definition) is 2. The highest BCUT2D eigenvalue weighted by Gasteiger charge is 2.02. The highest BCUT2D eigenvalue weighted by Crippen LogP contribution is 2.10. The Bertz CT molecular complexity index is 191. The van der Waals surface area contributed by atoms with E-state index in [1.165, 1.54) is 44.9 Å². The fourth-order valence-corrected chi connectivity index (χ4v) is 1.82. The fraction of sp³-hybridized carbons (Fsp3) is 0.923. The number of guanidine groups is 1. The Kier molecular flexibility index (Phi) is 11.2. The van der Waals surface area contributed by atoms with Crippen LogP contribution in [0.25, 0.3) is 0 Å². The first-order valence-corrected chi connectivity index (χ1v) is 6.90. The van der Waals surface area contributed by atoms with Crippen LogP contribution in [0.4, 0.5) is 0 Å². The number of aliphatic imine (C=N–C) groups is 1. The van der Waals surface area contributed by atoms with Gasteiger partial charge in [-0.1, -0.05) is 58.3 Å². The maximum Gasteiger partial charge on any atom is 0.185 e. The summed E-state index contributed by atoms with van der Waals surface area (Å²) in [5.74, 6) is 0.0555. The molecule has 5 N–H and O–H groups in total. The number of rotatable bonds is 11. The summed E-state index contributed by atoms with van der Waals surface area (Å²) in [5.41, 5.74) is 10.4. The SMILES string of the molecule is CCCCCCCCCCC(O)CN=C(N)N. The first kappa shape index (κ1) is 16.2. The lowest BCUT2D eigenvalue weighted by molar-refractivity contribution is 0.169. The van der Waals surface area contributed by atoms with Gasteiger partial charge in [0.2, 0.25) is 0 Å². The van der Waals surface area contributed by atoms with Gasteiger partial charge in [-0.05, 0) is 6.42 Å². The average molecular weight is 243 g/mol. The lowest BCUT2D eigenvalue weighted by Gasteiger charge is -2.07. The lowest BCUT2D eigenvalue weighted by Crippen LogP contribution is -2.25. The Morgan fingerprint density at radius 1 is 1.00 bits per heavy atom. The summed E-state index contributed by atoms with van der Waals surface area (Å²) in [6.07, 6.45) is 10.6. The lowest BCUT2D eigenvalue weighted by atomic mass is 10.1. The van der Waals surface area contributed by atoms with Gasteiger partial charge < -0.3 is 16.6 Å². The van der Waals surface area contributed by atoms with Gasteiger partial charge in [-0.25, -0.2) is 0 Å². The quantitative estimate of drug-likeness (QED) is 0.295. The van der Waals surface area contributed by atoms with Crippen molar-refractivity contribution in [3.05, 3.63) is 0 Å². The number of aliphatic hydroxyl groups excluding tert-OH is 1. The molecule has 0 aromatic carbocycles. The van der Waals surface area contributed by atoms with Crippen molar-refractivity contribution in [2.75, 3.05) is 6.54 Å². The normalized spacial score (nSPS) is 12.4. The summed E-state index contributed by atoms with van der Waals surface area (Å²) in [6.45, 7) is 2.57. The van der Waals surface area contributed by atoms with Crippen molar-refractivity contribution in [1.29, 1.82) is 0 Å². The van der Waals surface area contributed by atoms with Crippen molar-refractivity contribution in [2.45, 2.75) is 70.8 Å². The summed E-state index contributed by atoms with van der Waals surface area (Å²) in [4.78, 5) is 3.80. The minimum atomic E-state index is -0.391. The van der Waals surface area contributed by atoms with E-state index in [-0.39, 0.29) is 5.96 Å². The van der Waals surface area contributed by atoms with Gasteiger partial charge in [-0.3, -0.25) is 4.99 Å². The van der Waals surface area contributed by atoms with Gasteiger partial charge >= 0.3 is 0 Å². The Morgan fingerprint density at radius 2 is 1.53 bits per heavy atom. The molecule has 0 saturated heterocycles. The summed E-state index contributed by atoms with van der Waals surface area (Å²) >= 11 is 0. The first-order valence-electron chi connectivity index (χ1n) is 6.90. The molecule has 0 aliphatic heterocycles. The van der Waals surface area contributed by atoms with Crippen molar-refractivity contribution in [3.8, 4) is 0 Å². The van der Waals surface area contributed by atoms with E-state index in [0.29, 0.717) is 6.54 Å². The molecule has 0 radical (unpaired) electrons. The third-order valence-corrected chi connectivity index (χ3v) is 2.88. The third kappa shape index (κ3) is 13.2. The van der Waals surface area contributed by atoms with Crippen LogP contribution in [0.15, 0.2) is 4.99 Å².